The smallest absolute Gasteiger partial charge is 0.214 e. The van der Waals surface area contributed by atoms with Gasteiger partial charge in [0.2, 0.25) is 10.0 Å². The molecule has 0 aromatic carbocycles. The van der Waals surface area contributed by atoms with Crippen molar-refractivity contribution in [3.05, 3.63) is 0 Å². The Hall–Kier alpha value is 0.200. The van der Waals surface area contributed by atoms with Gasteiger partial charge in [0.1, 0.15) is 0 Å². The topological polar surface area (TPSA) is 46.2 Å². The van der Waals surface area contributed by atoms with Crippen LogP contribution in [0.3, 0.4) is 0 Å². The molecule has 3 nitrogen and oxygen atoms in total. The van der Waals surface area contributed by atoms with E-state index in [0.717, 1.165) is 12.8 Å². The fraction of sp³-hybridized carbons (Fsp3) is 1.00. The van der Waals surface area contributed by atoms with Crippen molar-refractivity contribution in [3.8, 4) is 0 Å². The van der Waals surface area contributed by atoms with E-state index in [-0.39, 0.29) is 10.7 Å². The van der Waals surface area contributed by atoms with Crippen LogP contribution in [0.2, 0.25) is 0 Å². The molecule has 13 heavy (non-hydrogen) atoms. The molecule has 78 valence electrons. The van der Waals surface area contributed by atoms with Crippen LogP contribution in [0.4, 0.5) is 0 Å². The Labute approximate surface area is 84.9 Å². The first-order chi connectivity index (χ1) is 5.87. The summed E-state index contributed by atoms with van der Waals surface area (Å²) in [6.45, 7) is 4.31. The quantitative estimate of drug-likeness (QED) is 0.718. The van der Waals surface area contributed by atoms with Crippen molar-refractivity contribution >= 4 is 21.6 Å². The number of sulfonamides is 1. The summed E-state index contributed by atoms with van der Waals surface area (Å²) in [4.78, 5) is 0. The summed E-state index contributed by atoms with van der Waals surface area (Å²) >= 11 is 5.68. The predicted octanol–water partition coefficient (Wildman–Crippen LogP) is 1.33. The van der Waals surface area contributed by atoms with E-state index in [1.165, 1.54) is 0 Å². The van der Waals surface area contributed by atoms with Crippen molar-refractivity contribution in [2.24, 2.45) is 5.41 Å². The van der Waals surface area contributed by atoms with Gasteiger partial charge in [-0.1, -0.05) is 13.8 Å². The Bertz CT molecular complexity index is 270. The van der Waals surface area contributed by atoms with Gasteiger partial charge in [-0.2, -0.15) is 0 Å². The van der Waals surface area contributed by atoms with Crippen LogP contribution in [0.15, 0.2) is 0 Å². The first kappa shape index (κ1) is 11.3. The van der Waals surface area contributed by atoms with Gasteiger partial charge in [0.25, 0.3) is 0 Å². The average molecular weight is 226 g/mol. The maximum absolute atomic E-state index is 11.4. The third-order valence-electron chi connectivity index (χ3n) is 2.08. The first-order valence-electron chi connectivity index (χ1n) is 4.42. The summed E-state index contributed by atoms with van der Waals surface area (Å²) in [5, 5.41) is -0.140. The van der Waals surface area contributed by atoms with Crippen molar-refractivity contribution in [3.63, 3.8) is 0 Å². The molecule has 0 atom stereocenters. The Morgan fingerprint density at radius 3 is 2.38 bits per heavy atom. The molecule has 0 heterocycles. The zero-order valence-corrected chi connectivity index (χ0v) is 9.58. The van der Waals surface area contributed by atoms with Gasteiger partial charge in [0.15, 0.2) is 0 Å². The van der Waals surface area contributed by atoms with E-state index in [0.29, 0.717) is 12.4 Å². The van der Waals surface area contributed by atoms with Crippen molar-refractivity contribution in [2.75, 3.05) is 12.4 Å². The molecule has 0 aliphatic heterocycles. The minimum Gasteiger partial charge on any atom is -0.214 e. The van der Waals surface area contributed by atoms with Crippen LogP contribution in [-0.2, 0) is 10.0 Å². The van der Waals surface area contributed by atoms with Crippen LogP contribution >= 0.6 is 11.6 Å². The lowest BCUT2D eigenvalue weighted by Gasteiger charge is -2.21. The monoisotopic (exact) mass is 225 g/mol. The van der Waals surface area contributed by atoms with Crippen molar-refractivity contribution in [1.82, 2.24) is 4.72 Å². The molecule has 0 bridgehead atoms. The maximum atomic E-state index is 11.4. The van der Waals surface area contributed by atoms with E-state index in [9.17, 15) is 8.42 Å². The Balaban J connectivity index is 2.41. The average Bonchev–Trinajstić information content (AvgIpc) is 2.84. The molecule has 0 aromatic rings. The molecule has 1 saturated carbocycles. The lowest BCUT2D eigenvalue weighted by molar-refractivity contribution is 0.414. The molecule has 1 rings (SSSR count). The lowest BCUT2D eigenvalue weighted by Crippen LogP contribution is -2.36. The Morgan fingerprint density at radius 2 is 2.00 bits per heavy atom. The summed E-state index contributed by atoms with van der Waals surface area (Å²) in [5.74, 6) is 0.459. The number of halogens is 1. The van der Waals surface area contributed by atoms with Gasteiger partial charge in [0.05, 0.1) is 5.25 Å². The van der Waals surface area contributed by atoms with Crippen molar-refractivity contribution < 1.29 is 8.42 Å². The number of hydrogen-bond donors (Lipinski definition) is 1. The molecule has 1 N–H and O–H groups in total. The van der Waals surface area contributed by atoms with Crippen LogP contribution in [-0.4, -0.2) is 26.1 Å². The fourth-order valence-corrected chi connectivity index (χ4v) is 2.52. The normalized spacial score (nSPS) is 19.0. The highest BCUT2D eigenvalue weighted by Crippen LogP contribution is 2.28. The van der Waals surface area contributed by atoms with E-state index in [2.05, 4.69) is 4.72 Å². The van der Waals surface area contributed by atoms with E-state index in [4.69, 9.17) is 11.6 Å². The fourth-order valence-electron chi connectivity index (χ4n) is 0.839. The number of alkyl halides is 1. The van der Waals surface area contributed by atoms with E-state index < -0.39 is 10.0 Å². The lowest BCUT2D eigenvalue weighted by atomic mass is 9.97. The number of rotatable bonds is 5. The predicted molar refractivity (Wildman–Crippen MR) is 54.4 cm³/mol. The molecule has 0 saturated heterocycles. The van der Waals surface area contributed by atoms with Gasteiger partial charge in [0, 0.05) is 12.4 Å². The van der Waals surface area contributed by atoms with Crippen LogP contribution in [0.25, 0.3) is 0 Å². The molecule has 0 unspecified atom stereocenters. The van der Waals surface area contributed by atoms with E-state index >= 15 is 0 Å². The molecule has 5 heteroatoms. The summed E-state index contributed by atoms with van der Waals surface area (Å²) in [6, 6.07) is 0. The van der Waals surface area contributed by atoms with Gasteiger partial charge in [-0.3, -0.25) is 0 Å². The summed E-state index contributed by atoms with van der Waals surface area (Å²) in [5.41, 5.74) is -0.163. The zero-order valence-electron chi connectivity index (χ0n) is 8.01. The molecular formula is C8H16ClNO2S. The number of nitrogens with one attached hydrogen (secondary N) is 1. The minimum absolute atomic E-state index is 0.140. The largest absolute Gasteiger partial charge is 0.214 e. The van der Waals surface area contributed by atoms with Crippen LogP contribution in [0.1, 0.15) is 26.7 Å². The minimum atomic E-state index is -3.04. The molecule has 1 aliphatic rings. The van der Waals surface area contributed by atoms with Gasteiger partial charge in [-0.05, 0) is 18.3 Å². The van der Waals surface area contributed by atoms with Gasteiger partial charge in [-0.15, -0.1) is 11.6 Å². The van der Waals surface area contributed by atoms with E-state index in [1.54, 1.807) is 0 Å². The van der Waals surface area contributed by atoms with Crippen LogP contribution < -0.4 is 4.72 Å². The van der Waals surface area contributed by atoms with Gasteiger partial charge in [-0.25, -0.2) is 13.1 Å². The first-order valence-corrected chi connectivity index (χ1v) is 6.50. The number of hydrogen-bond acceptors (Lipinski definition) is 2. The standard InChI is InChI=1S/C8H16ClNO2S/c1-8(2,5-9)6-10-13(11,12)7-3-4-7/h7,10H,3-6H2,1-2H3. The molecule has 0 spiro atoms. The van der Waals surface area contributed by atoms with Crippen LogP contribution in [0, 0.1) is 5.41 Å². The molecule has 1 aliphatic carbocycles. The molecule has 0 radical (unpaired) electrons. The second kappa shape index (κ2) is 3.75. The SMILES string of the molecule is CC(C)(CCl)CNS(=O)(=O)C1CC1. The third-order valence-corrected chi connectivity index (χ3v) is 4.70. The molecular weight excluding hydrogens is 210 g/mol. The second-order valence-electron chi connectivity index (χ2n) is 4.36. The van der Waals surface area contributed by atoms with Gasteiger partial charge < -0.3 is 0 Å². The van der Waals surface area contributed by atoms with E-state index in [1.807, 2.05) is 13.8 Å². The summed E-state index contributed by atoms with van der Waals surface area (Å²) in [7, 11) is -3.04. The zero-order chi connectivity index (χ0) is 10.1. The summed E-state index contributed by atoms with van der Waals surface area (Å²) < 4.78 is 25.4. The van der Waals surface area contributed by atoms with Crippen molar-refractivity contribution in [1.29, 1.82) is 0 Å². The van der Waals surface area contributed by atoms with Crippen LogP contribution in [0.5, 0.6) is 0 Å². The highest BCUT2D eigenvalue weighted by molar-refractivity contribution is 7.90. The Morgan fingerprint density at radius 1 is 1.46 bits per heavy atom. The molecule has 1 fully saturated rings. The van der Waals surface area contributed by atoms with Crippen molar-refractivity contribution in [2.45, 2.75) is 31.9 Å². The second-order valence-corrected chi connectivity index (χ2v) is 6.68. The Kier molecular flexibility index (Phi) is 3.25. The third kappa shape index (κ3) is 3.44. The molecule has 0 amide bonds. The highest BCUT2D eigenvalue weighted by Gasteiger charge is 2.36. The van der Waals surface area contributed by atoms with Gasteiger partial charge >= 0.3 is 0 Å². The molecule has 0 aromatic heterocycles. The maximum Gasteiger partial charge on any atom is 0.214 e. The summed E-state index contributed by atoms with van der Waals surface area (Å²) in [6.07, 6.45) is 1.60. The highest BCUT2D eigenvalue weighted by atomic mass is 35.5.